The van der Waals surface area contributed by atoms with Gasteiger partial charge in [-0.1, -0.05) is 25.1 Å². The summed E-state index contributed by atoms with van der Waals surface area (Å²) in [6.07, 6.45) is 5.93. The molecule has 0 saturated heterocycles. The van der Waals surface area contributed by atoms with Gasteiger partial charge in [-0.3, -0.25) is 4.98 Å². The monoisotopic (exact) mass is 273 g/mol. The number of nitrogens with zero attached hydrogens (tertiary/aromatic N) is 3. The molecule has 0 aliphatic heterocycles. The molecule has 0 amide bonds. The highest BCUT2D eigenvalue weighted by Crippen LogP contribution is 2.15. The molecule has 0 saturated carbocycles. The molecule has 4 heteroatoms. The van der Waals surface area contributed by atoms with Crippen LogP contribution in [0.5, 0.6) is 0 Å². The molecule has 20 heavy (non-hydrogen) atoms. The first-order chi connectivity index (χ1) is 9.65. The molecule has 0 spiro atoms. The van der Waals surface area contributed by atoms with E-state index >= 15 is 0 Å². The number of hydrogen-bond acceptors (Lipinski definition) is 4. The van der Waals surface area contributed by atoms with Gasteiger partial charge < -0.3 is 9.42 Å². The summed E-state index contributed by atoms with van der Waals surface area (Å²) in [5.41, 5.74) is 2.31. The zero-order chi connectivity index (χ0) is 14.4. The summed E-state index contributed by atoms with van der Waals surface area (Å²) in [5.74, 6) is 1.36. The second-order valence-corrected chi connectivity index (χ2v) is 5.58. The van der Waals surface area contributed by atoms with Gasteiger partial charge in [0.15, 0.2) is 0 Å². The second-order valence-electron chi connectivity index (χ2n) is 5.58. The van der Waals surface area contributed by atoms with Gasteiger partial charge in [-0.15, -0.1) is 0 Å². The maximum absolute atomic E-state index is 5.32. The zero-order valence-electron chi connectivity index (χ0n) is 12.5. The van der Waals surface area contributed by atoms with Crippen LogP contribution in [-0.2, 0) is 13.0 Å². The normalized spacial score (nSPS) is 11.4. The van der Waals surface area contributed by atoms with Crippen LogP contribution in [0.1, 0.15) is 43.2 Å². The summed E-state index contributed by atoms with van der Waals surface area (Å²) in [5, 5.41) is 4.12. The summed E-state index contributed by atoms with van der Waals surface area (Å²) >= 11 is 0. The van der Waals surface area contributed by atoms with Crippen LogP contribution in [0.4, 0.5) is 0 Å². The predicted octanol–water partition coefficient (Wildman–Crippen LogP) is 3.26. The first kappa shape index (κ1) is 14.7. The third-order valence-electron chi connectivity index (χ3n) is 3.31. The second kappa shape index (κ2) is 7.20. The van der Waals surface area contributed by atoms with Gasteiger partial charge in [0.05, 0.1) is 5.69 Å². The van der Waals surface area contributed by atoms with Gasteiger partial charge in [-0.25, -0.2) is 0 Å². The first-order valence-corrected chi connectivity index (χ1v) is 7.18. The van der Waals surface area contributed by atoms with Crippen LogP contribution in [0.25, 0.3) is 0 Å². The van der Waals surface area contributed by atoms with Gasteiger partial charge in [0.1, 0.15) is 5.76 Å². The van der Waals surface area contributed by atoms with Crippen molar-refractivity contribution >= 4 is 0 Å². The predicted molar refractivity (Wildman–Crippen MR) is 79.5 cm³/mol. The molecule has 2 aromatic heterocycles. The van der Waals surface area contributed by atoms with Crippen molar-refractivity contribution in [3.8, 4) is 0 Å². The molecule has 0 atom stereocenters. The quantitative estimate of drug-likeness (QED) is 0.776. The highest BCUT2D eigenvalue weighted by molar-refractivity contribution is 5.09. The van der Waals surface area contributed by atoms with Crippen LogP contribution >= 0.6 is 0 Å². The molecule has 2 heterocycles. The third kappa shape index (κ3) is 4.46. The Kier molecular flexibility index (Phi) is 5.30. The number of rotatable bonds is 7. The van der Waals surface area contributed by atoms with Crippen molar-refractivity contribution in [2.45, 2.75) is 39.2 Å². The van der Waals surface area contributed by atoms with Crippen molar-refractivity contribution in [3.05, 3.63) is 47.6 Å². The summed E-state index contributed by atoms with van der Waals surface area (Å²) < 4.78 is 5.32. The zero-order valence-corrected chi connectivity index (χ0v) is 12.5. The topological polar surface area (TPSA) is 42.2 Å². The average Bonchev–Trinajstić information content (AvgIpc) is 2.88. The maximum atomic E-state index is 5.32. The van der Waals surface area contributed by atoms with E-state index < -0.39 is 0 Å². The highest BCUT2D eigenvalue weighted by Gasteiger charge is 2.09. The van der Waals surface area contributed by atoms with E-state index in [2.05, 4.69) is 48.1 Å². The first-order valence-electron chi connectivity index (χ1n) is 7.18. The molecular weight excluding hydrogens is 250 g/mol. The number of hydrogen-bond donors (Lipinski definition) is 0. The van der Waals surface area contributed by atoms with Crippen molar-refractivity contribution in [2.75, 3.05) is 13.6 Å². The van der Waals surface area contributed by atoms with Gasteiger partial charge in [-0.2, -0.15) is 0 Å². The Morgan fingerprint density at radius 2 is 2.20 bits per heavy atom. The molecule has 108 valence electrons. The number of pyridine rings is 1. The lowest BCUT2D eigenvalue weighted by molar-refractivity contribution is 0.302. The van der Waals surface area contributed by atoms with E-state index in [9.17, 15) is 0 Å². The van der Waals surface area contributed by atoms with Crippen LogP contribution in [0, 0.1) is 0 Å². The Morgan fingerprint density at radius 3 is 2.85 bits per heavy atom. The number of aryl methyl sites for hydroxylation is 1. The SMILES string of the molecule is CC(C)c1cc(CN(C)CCCc2cccnc2)no1. The Labute approximate surface area is 120 Å². The van der Waals surface area contributed by atoms with Gasteiger partial charge >= 0.3 is 0 Å². The minimum absolute atomic E-state index is 0.395. The molecule has 0 aromatic carbocycles. The Hall–Kier alpha value is -1.68. The fourth-order valence-electron chi connectivity index (χ4n) is 2.13. The van der Waals surface area contributed by atoms with E-state index in [1.165, 1.54) is 5.56 Å². The van der Waals surface area contributed by atoms with Gasteiger partial charge in [-0.05, 0) is 38.1 Å². The molecule has 0 aliphatic carbocycles. The smallest absolute Gasteiger partial charge is 0.139 e. The summed E-state index contributed by atoms with van der Waals surface area (Å²) in [6.45, 7) is 6.10. The standard InChI is InChI=1S/C16H23N3O/c1-13(2)16-10-15(18-20-16)12-19(3)9-5-7-14-6-4-8-17-11-14/h4,6,8,10-11,13H,5,7,9,12H2,1-3H3. The summed E-state index contributed by atoms with van der Waals surface area (Å²) in [7, 11) is 2.12. The van der Waals surface area contributed by atoms with E-state index in [1.807, 2.05) is 18.5 Å². The Bertz CT molecular complexity index is 507. The van der Waals surface area contributed by atoms with E-state index in [0.29, 0.717) is 5.92 Å². The lowest BCUT2D eigenvalue weighted by Crippen LogP contribution is -2.19. The van der Waals surface area contributed by atoms with Crippen molar-refractivity contribution in [1.82, 2.24) is 15.0 Å². The molecule has 0 unspecified atom stereocenters. The fraction of sp³-hybridized carbons (Fsp3) is 0.500. The highest BCUT2D eigenvalue weighted by atomic mass is 16.5. The van der Waals surface area contributed by atoms with Crippen LogP contribution in [-0.4, -0.2) is 28.6 Å². The van der Waals surface area contributed by atoms with Crippen molar-refractivity contribution < 1.29 is 4.52 Å². The minimum Gasteiger partial charge on any atom is -0.361 e. The lowest BCUT2D eigenvalue weighted by atomic mass is 10.1. The molecule has 0 radical (unpaired) electrons. The minimum atomic E-state index is 0.395. The van der Waals surface area contributed by atoms with Crippen LogP contribution in [0.15, 0.2) is 35.1 Å². The van der Waals surface area contributed by atoms with Crippen molar-refractivity contribution in [3.63, 3.8) is 0 Å². The van der Waals surface area contributed by atoms with Gasteiger partial charge in [0.2, 0.25) is 0 Å². The molecule has 0 aliphatic rings. The van der Waals surface area contributed by atoms with Crippen LogP contribution in [0.3, 0.4) is 0 Å². The average molecular weight is 273 g/mol. The molecule has 4 nitrogen and oxygen atoms in total. The van der Waals surface area contributed by atoms with Crippen LogP contribution < -0.4 is 0 Å². The molecule has 0 bridgehead atoms. The van der Waals surface area contributed by atoms with E-state index in [4.69, 9.17) is 4.52 Å². The maximum Gasteiger partial charge on any atom is 0.139 e. The van der Waals surface area contributed by atoms with Crippen molar-refractivity contribution in [2.24, 2.45) is 0 Å². The van der Waals surface area contributed by atoms with Crippen LogP contribution in [0.2, 0.25) is 0 Å². The summed E-state index contributed by atoms with van der Waals surface area (Å²) in [4.78, 5) is 6.41. The molecule has 2 aromatic rings. The molecule has 0 fully saturated rings. The van der Waals surface area contributed by atoms with Gasteiger partial charge in [0.25, 0.3) is 0 Å². The van der Waals surface area contributed by atoms with E-state index in [-0.39, 0.29) is 0 Å². The number of aromatic nitrogens is 2. The largest absolute Gasteiger partial charge is 0.361 e. The van der Waals surface area contributed by atoms with E-state index in [1.54, 1.807) is 0 Å². The molecule has 0 N–H and O–H groups in total. The van der Waals surface area contributed by atoms with E-state index in [0.717, 1.165) is 37.4 Å². The van der Waals surface area contributed by atoms with Crippen molar-refractivity contribution in [1.29, 1.82) is 0 Å². The Morgan fingerprint density at radius 1 is 1.35 bits per heavy atom. The third-order valence-corrected chi connectivity index (χ3v) is 3.31. The Balaban J connectivity index is 1.73. The molecular formula is C16H23N3O. The lowest BCUT2D eigenvalue weighted by Gasteiger charge is -2.14. The van der Waals surface area contributed by atoms with Gasteiger partial charge in [0, 0.05) is 30.9 Å². The summed E-state index contributed by atoms with van der Waals surface area (Å²) in [6, 6.07) is 6.17. The molecule has 2 rings (SSSR count). The fourth-order valence-corrected chi connectivity index (χ4v) is 2.13.